The number of nitrogens with zero attached hydrogens (tertiary/aromatic N) is 2. The molecule has 2 N–H and O–H groups in total. The maximum Gasteiger partial charge on any atom is 0.323 e. The van der Waals surface area contributed by atoms with E-state index >= 15 is 0 Å². The number of hydrogen-bond donors (Lipinski definition) is 2. The van der Waals surface area contributed by atoms with Gasteiger partial charge in [-0.1, -0.05) is 23.7 Å². The summed E-state index contributed by atoms with van der Waals surface area (Å²) in [5, 5.41) is 13.8. The fourth-order valence-corrected chi connectivity index (χ4v) is 2.49. The van der Waals surface area contributed by atoms with Crippen LogP contribution in [0.15, 0.2) is 54.6 Å². The van der Waals surface area contributed by atoms with Crippen LogP contribution in [0.5, 0.6) is 11.6 Å². The smallest absolute Gasteiger partial charge is 0.323 e. The highest BCUT2D eigenvalue weighted by Gasteiger charge is 2.07. The third kappa shape index (κ3) is 4.70. The zero-order valence-corrected chi connectivity index (χ0v) is 15.0. The standard InChI is InChI=1S/C19H17ClN4O2/c1-12-6-8-17(16(20)10-12)22-19(25)21-14-4-3-5-15(11-14)26-18-9-7-13(2)23-24-18/h3-11H,1-2H3,(H2,21,22,25). The Morgan fingerprint density at radius 3 is 2.58 bits per heavy atom. The molecule has 6 nitrogen and oxygen atoms in total. The van der Waals surface area contributed by atoms with Crippen molar-refractivity contribution >= 4 is 29.0 Å². The summed E-state index contributed by atoms with van der Waals surface area (Å²) in [6, 6.07) is 15.5. The average Bonchev–Trinajstić information content (AvgIpc) is 2.60. The van der Waals surface area contributed by atoms with E-state index in [4.69, 9.17) is 16.3 Å². The summed E-state index contributed by atoms with van der Waals surface area (Å²) >= 11 is 6.13. The molecule has 0 aliphatic heterocycles. The van der Waals surface area contributed by atoms with Crippen LogP contribution in [0.1, 0.15) is 11.3 Å². The van der Waals surface area contributed by atoms with Crippen molar-refractivity contribution in [1.82, 2.24) is 10.2 Å². The van der Waals surface area contributed by atoms with Crippen LogP contribution < -0.4 is 15.4 Å². The first-order chi connectivity index (χ1) is 12.5. The van der Waals surface area contributed by atoms with Crippen molar-refractivity contribution in [3.63, 3.8) is 0 Å². The highest BCUT2D eigenvalue weighted by atomic mass is 35.5. The largest absolute Gasteiger partial charge is 0.437 e. The van der Waals surface area contributed by atoms with Gasteiger partial charge < -0.3 is 15.4 Å². The Kier molecular flexibility index (Phi) is 5.34. The van der Waals surface area contributed by atoms with Crippen LogP contribution in [0.4, 0.5) is 16.2 Å². The molecule has 0 atom stereocenters. The SMILES string of the molecule is Cc1ccc(NC(=O)Nc2cccc(Oc3ccc(C)nn3)c2)c(Cl)c1. The molecule has 0 aliphatic carbocycles. The highest BCUT2D eigenvalue weighted by Crippen LogP contribution is 2.24. The lowest BCUT2D eigenvalue weighted by Crippen LogP contribution is -2.19. The molecule has 0 aliphatic rings. The molecular weight excluding hydrogens is 352 g/mol. The van der Waals surface area contributed by atoms with E-state index in [0.717, 1.165) is 11.3 Å². The molecule has 1 aromatic heterocycles. The molecule has 26 heavy (non-hydrogen) atoms. The van der Waals surface area contributed by atoms with E-state index in [2.05, 4.69) is 20.8 Å². The number of carbonyl (C=O) groups excluding carboxylic acids is 1. The Morgan fingerprint density at radius 1 is 1.00 bits per heavy atom. The molecule has 1 heterocycles. The molecule has 0 saturated heterocycles. The van der Waals surface area contributed by atoms with Crippen molar-refractivity contribution in [3.8, 4) is 11.6 Å². The number of anilines is 2. The maximum atomic E-state index is 12.2. The second kappa shape index (κ2) is 7.84. The number of ether oxygens (including phenoxy) is 1. The predicted molar refractivity (Wildman–Crippen MR) is 102 cm³/mol. The third-order valence-electron chi connectivity index (χ3n) is 3.46. The zero-order valence-electron chi connectivity index (χ0n) is 14.3. The van der Waals surface area contributed by atoms with Crippen LogP contribution in [0.2, 0.25) is 5.02 Å². The molecule has 3 rings (SSSR count). The minimum Gasteiger partial charge on any atom is -0.437 e. The molecule has 2 aromatic carbocycles. The summed E-state index contributed by atoms with van der Waals surface area (Å²) in [6.07, 6.45) is 0. The number of nitrogens with one attached hydrogen (secondary N) is 2. The van der Waals surface area contributed by atoms with Gasteiger partial charge in [0.25, 0.3) is 0 Å². The van der Waals surface area contributed by atoms with Crippen LogP contribution in [-0.2, 0) is 0 Å². The number of rotatable bonds is 4. The van der Waals surface area contributed by atoms with Crippen molar-refractivity contribution in [2.24, 2.45) is 0 Å². The third-order valence-corrected chi connectivity index (χ3v) is 3.77. The predicted octanol–water partition coefficient (Wildman–Crippen LogP) is 5.18. The minimum atomic E-state index is -0.400. The van der Waals surface area contributed by atoms with Crippen LogP contribution >= 0.6 is 11.6 Å². The number of halogens is 1. The summed E-state index contributed by atoms with van der Waals surface area (Å²) < 4.78 is 5.64. The first kappa shape index (κ1) is 17.7. The fourth-order valence-electron chi connectivity index (χ4n) is 2.21. The molecular formula is C19H17ClN4O2. The van der Waals surface area contributed by atoms with E-state index in [1.165, 1.54) is 0 Å². The Bertz CT molecular complexity index is 929. The van der Waals surface area contributed by atoms with Gasteiger partial charge in [0.05, 0.1) is 16.4 Å². The van der Waals surface area contributed by atoms with Gasteiger partial charge in [0, 0.05) is 17.8 Å². The monoisotopic (exact) mass is 368 g/mol. The summed E-state index contributed by atoms with van der Waals surface area (Å²) in [5.74, 6) is 0.915. The number of urea groups is 1. The van der Waals surface area contributed by atoms with Crippen molar-refractivity contribution in [3.05, 3.63) is 70.9 Å². The summed E-state index contributed by atoms with van der Waals surface area (Å²) in [6.45, 7) is 3.78. The second-order valence-electron chi connectivity index (χ2n) is 5.71. The molecule has 0 bridgehead atoms. The molecule has 0 fully saturated rings. The number of carbonyl (C=O) groups is 1. The Labute approximate surface area is 156 Å². The lowest BCUT2D eigenvalue weighted by atomic mass is 10.2. The normalized spacial score (nSPS) is 10.3. The molecule has 0 saturated carbocycles. The zero-order chi connectivity index (χ0) is 18.5. The average molecular weight is 369 g/mol. The number of benzene rings is 2. The van der Waals surface area contributed by atoms with Gasteiger partial charge in [-0.3, -0.25) is 0 Å². The highest BCUT2D eigenvalue weighted by molar-refractivity contribution is 6.33. The molecule has 0 radical (unpaired) electrons. The van der Waals surface area contributed by atoms with Gasteiger partial charge in [0.15, 0.2) is 0 Å². The van der Waals surface area contributed by atoms with Crippen LogP contribution in [0.3, 0.4) is 0 Å². The minimum absolute atomic E-state index is 0.378. The number of amides is 2. The van der Waals surface area contributed by atoms with Crippen molar-refractivity contribution in [2.75, 3.05) is 10.6 Å². The summed E-state index contributed by atoms with van der Waals surface area (Å²) in [4.78, 5) is 12.2. The summed E-state index contributed by atoms with van der Waals surface area (Å²) in [7, 11) is 0. The van der Waals surface area contributed by atoms with Gasteiger partial charge in [0.1, 0.15) is 5.75 Å². The van der Waals surface area contributed by atoms with Crippen LogP contribution in [-0.4, -0.2) is 16.2 Å². The molecule has 0 unspecified atom stereocenters. The molecule has 132 valence electrons. The second-order valence-corrected chi connectivity index (χ2v) is 6.11. The van der Waals surface area contributed by atoms with Gasteiger partial charge in [-0.05, 0) is 49.7 Å². The lowest BCUT2D eigenvalue weighted by molar-refractivity contribution is 0.262. The van der Waals surface area contributed by atoms with E-state index in [1.54, 1.807) is 42.5 Å². The fraction of sp³-hybridized carbons (Fsp3) is 0.105. The van der Waals surface area contributed by atoms with E-state index in [1.807, 2.05) is 26.0 Å². The first-order valence-electron chi connectivity index (χ1n) is 7.92. The number of hydrogen-bond acceptors (Lipinski definition) is 4. The van der Waals surface area contributed by atoms with E-state index in [0.29, 0.717) is 28.0 Å². The molecule has 2 amide bonds. The first-order valence-corrected chi connectivity index (χ1v) is 8.30. The van der Waals surface area contributed by atoms with Crippen LogP contribution in [0.25, 0.3) is 0 Å². The van der Waals surface area contributed by atoms with E-state index in [9.17, 15) is 4.79 Å². The molecule has 0 spiro atoms. The van der Waals surface area contributed by atoms with E-state index in [-0.39, 0.29) is 0 Å². The number of aryl methyl sites for hydroxylation is 2. The van der Waals surface area contributed by atoms with E-state index < -0.39 is 6.03 Å². The lowest BCUT2D eigenvalue weighted by Gasteiger charge is -2.11. The van der Waals surface area contributed by atoms with Gasteiger partial charge in [-0.15, -0.1) is 5.10 Å². The van der Waals surface area contributed by atoms with Crippen molar-refractivity contribution in [2.45, 2.75) is 13.8 Å². The molecule has 7 heteroatoms. The van der Waals surface area contributed by atoms with Gasteiger partial charge in [-0.25, -0.2) is 4.79 Å². The van der Waals surface area contributed by atoms with Crippen LogP contribution in [0, 0.1) is 13.8 Å². The Morgan fingerprint density at radius 2 is 1.85 bits per heavy atom. The van der Waals surface area contributed by atoms with Gasteiger partial charge in [-0.2, -0.15) is 5.10 Å². The quantitative estimate of drug-likeness (QED) is 0.665. The Balaban J connectivity index is 1.66. The summed E-state index contributed by atoms with van der Waals surface area (Å²) in [5.41, 5.74) is 2.93. The van der Waals surface area contributed by atoms with Gasteiger partial charge >= 0.3 is 6.03 Å². The number of aromatic nitrogens is 2. The van der Waals surface area contributed by atoms with Crippen molar-refractivity contribution < 1.29 is 9.53 Å². The molecule has 3 aromatic rings. The maximum absolute atomic E-state index is 12.2. The topological polar surface area (TPSA) is 76.1 Å². The Hall–Kier alpha value is -3.12. The van der Waals surface area contributed by atoms with Gasteiger partial charge in [0.2, 0.25) is 5.88 Å². The van der Waals surface area contributed by atoms with Crippen molar-refractivity contribution in [1.29, 1.82) is 0 Å².